The highest BCUT2D eigenvalue weighted by Gasteiger charge is 2.33. The number of benzene rings is 2. The summed E-state index contributed by atoms with van der Waals surface area (Å²) in [5.41, 5.74) is 3.31. The Morgan fingerprint density at radius 3 is 2.50 bits per heavy atom. The number of rotatable bonds is 5. The van der Waals surface area contributed by atoms with Gasteiger partial charge in [0.1, 0.15) is 5.56 Å². The van der Waals surface area contributed by atoms with Crippen molar-refractivity contribution in [2.45, 2.75) is 12.3 Å². The topological polar surface area (TPSA) is 70.9 Å². The van der Waals surface area contributed by atoms with Crippen LogP contribution in [-0.4, -0.2) is 48.4 Å². The van der Waals surface area contributed by atoms with E-state index >= 15 is 0 Å². The summed E-state index contributed by atoms with van der Waals surface area (Å²) in [4.78, 5) is 23.7. The normalized spacial score (nSPS) is 17.7. The Morgan fingerprint density at radius 2 is 1.84 bits per heavy atom. The van der Waals surface area contributed by atoms with Gasteiger partial charge in [-0.2, -0.15) is 10.1 Å². The van der Waals surface area contributed by atoms with Crippen LogP contribution in [0.5, 0.6) is 0 Å². The predicted molar refractivity (Wildman–Crippen MR) is 125 cm³/mol. The fourth-order valence-corrected chi connectivity index (χ4v) is 4.07. The van der Waals surface area contributed by atoms with Crippen molar-refractivity contribution in [3.05, 3.63) is 82.5 Å². The van der Waals surface area contributed by atoms with Crippen molar-refractivity contribution in [2.75, 3.05) is 36.7 Å². The van der Waals surface area contributed by atoms with Crippen LogP contribution in [0.1, 0.15) is 33.8 Å². The fourth-order valence-electron chi connectivity index (χ4n) is 3.95. The molecule has 0 saturated carbocycles. The van der Waals surface area contributed by atoms with Gasteiger partial charge in [0.05, 0.1) is 19.4 Å². The van der Waals surface area contributed by atoms with E-state index in [1.807, 2.05) is 42.5 Å². The van der Waals surface area contributed by atoms with Crippen molar-refractivity contribution in [3.8, 4) is 0 Å². The molecule has 1 fully saturated rings. The molecular formula is C24H22ClN5O2. The number of nitrogens with zero attached hydrogens (tertiary/aromatic N) is 5. The molecule has 7 nitrogen and oxygen atoms in total. The Labute approximate surface area is 191 Å². The lowest BCUT2D eigenvalue weighted by Gasteiger charge is -2.31. The summed E-state index contributed by atoms with van der Waals surface area (Å²) in [6, 6.07) is 17.9. The molecular weight excluding hydrogens is 426 g/mol. The molecule has 0 spiro atoms. The zero-order valence-electron chi connectivity index (χ0n) is 17.6. The molecule has 1 atom stereocenters. The van der Waals surface area contributed by atoms with Crippen molar-refractivity contribution in [3.63, 3.8) is 0 Å². The molecule has 0 N–H and O–H groups in total. The number of methoxy groups -OCH3 is 1. The maximum absolute atomic E-state index is 12.5. The van der Waals surface area contributed by atoms with Crippen LogP contribution in [0.4, 0.5) is 11.8 Å². The molecule has 2 aromatic carbocycles. The minimum absolute atomic E-state index is 0.00490. The molecule has 3 heterocycles. The van der Waals surface area contributed by atoms with Gasteiger partial charge in [-0.25, -0.2) is 14.8 Å². The molecule has 8 heteroatoms. The number of anilines is 2. The Bertz CT molecular complexity index is 1160. The molecule has 1 aromatic heterocycles. The minimum Gasteiger partial charge on any atom is -0.465 e. The Kier molecular flexibility index (Phi) is 5.49. The third-order valence-electron chi connectivity index (χ3n) is 5.80. The number of aromatic nitrogens is 2. The van der Waals surface area contributed by atoms with E-state index in [-0.39, 0.29) is 5.92 Å². The maximum atomic E-state index is 12.5. The summed E-state index contributed by atoms with van der Waals surface area (Å²) in [6.45, 7) is 2.36. The summed E-state index contributed by atoms with van der Waals surface area (Å²) in [5.74, 6) is 0.579. The molecule has 1 saturated heterocycles. The number of hydrogen-bond donors (Lipinski definition) is 0. The van der Waals surface area contributed by atoms with E-state index < -0.39 is 5.97 Å². The van der Waals surface area contributed by atoms with Crippen molar-refractivity contribution in [1.29, 1.82) is 0 Å². The standard InChI is InChI=1S/C24H22ClN5O2/c1-32-23(31)19-14-26-24(29-12-5-13-29)27-22(19)30-15-20(16-6-3-2-4-7-16)21(28-30)17-8-10-18(25)11-9-17/h2-4,6-11,14,20H,5,12-13,15H2,1H3. The van der Waals surface area contributed by atoms with Crippen LogP contribution >= 0.6 is 11.6 Å². The second-order valence-corrected chi connectivity index (χ2v) is 8.21. The van der Waals surface area contributed by atoms with Crippen molar-refractivity contribution < 1.29 is 9.53 Å². The third kappa shape index (κ3) is 3.80. The Morgan fingerprint density at radius 1 is 1.09 bits per heavy atom. The van der Waals surface area contributed by atoms with Gasteiger partial charge in [0, 0.05) is 30.2 Å². The van der Waals surface area contributed by atoms with E-state index in [1.54, 1.807) is 5.01 Å². The van der Waals surface area contributed by atoms with Crippen molar-refractivity contribution in [2.24, 2.45) is 5.10 Å². The van der Waals surface area contributed by atoms with Crippen LogP contribution < -0.4 is 9.91 Å². The molecule has 0 radical (unpaired) electrons. The molecule has 0 aliphatic carbocycles. The zero-order valence-corrected chi connectivity index (χ0v) is 18.4. The third-order valence-corrected chi connectivity index (χ3v) is 6.05. The molecule has 0 amide bonds. The van der Waals surface area contributed by atoms with E-state index in [1.165, 1.54) is 13.3 Å². The zero-order chi connectivity index (χ0) is 22.1. The quantitative estimate of drug-likeness (QED) is 0.547. The van der Waals surface area contributed by atoms with Gasteiger partial charge in [-0.3, -0.25) is 0 Å². The molecule has 32 heavy (non-hydrogen) atoms. The van der Waals surface area contributed by atoms with Crippen LogP contribution in [0, 0.1) is 0 Å². The second-order valence-electron chi connectivity index (χ2n) is 7.78. The summed E-state index contributed by atoms with van der Waals surface area (Å²) >= 11 is 6.11. The van der Waals surface area contributed by atoms with Crippen molar-refractivity contribution in [1.82, 2.24) is 9.97 Å². The highest BCUT2D eigenvalue weighted by Crippen LogP contribution is 2.34. The first kappa shape index (κ1) is 20.5. The summed E-state index contributed by atoms with van der Waals surface area (Å²) in [6.07, 6.45) is 2.64. The van der Waals surface area contributed by atoms with Gasteiger partial charge in [0.25, 0.3) is 0 Å². The van der Waals surface area contributed by atoms with Gasteiger partial charge in [0.2, 0.25) is 5.95 Å². The monoisotopic (exact) mass is 447 g/mol. The highest BCUT2D eigenvalue weighted by atomic mass is 35.5. The highest BCUT2D eigenvalue weighted by molar-refractivity contribution is 6.30. The Balaban J connectivity index is 1.60. The number of ether oxygens (including phenoxy) is 1. The molecule has 5 rings (SSSR count). The fraction of sp³-hybridized carbons (Fsp3) is 0.250. The first-order valence-corrected chi connectivity index (χ1v) is 10.9. The molecule has 0 bridgehead atoms. The number of carbonyl (C=O) groups excluding carboxylic acids is 1. The molecule has 3 aromatic rings. The number of carbonyl (C=O) groups is 1. The predicted octanol–water partition coefficient (Wildman–Crippen LogP) is 4.13. The molecule has 1 unspecified atom stereocenters. The molecule has 2 aliphatic heterocycles. The lowest BCUT2D eigenvalue weighted by molar-refractivity contribution is 0.0600. The van der Waals surface area contributed by atoms with E-state index in [0.717, 1.165) is 36.3 Å². The summed E-state index contributed by atoms with van der Waals surface area (Å²) in [5, 5.41) is 7.39. The van der Waals surface area contributed by atoms with Gasteiger partial charge in [-0.15, -0.1) is 0 Å². The van der Waals surface area contributed by atoms with Crippen LogP contribution in [0.2, 0.25) is 5.02 Å². The molecule has 162 valence electrons. The first-order chi connectivity index (χ1) is 15.6. The lowest BCUT2D eigenvalue weighted by atomic mass is 9.91. The maximum Gasteiger partial charge on any atom is 0.343 e. The van der Waals surface area contributed by atoms with Gasteiger partial charge in [0.15, 0.2) is 5.82 Å². The van der Waals surface area contributed by atoms with Crippen molar-refractivity contribution >= 4 is 35.0 Å². The van der Waals surface area contributed by atoms with Gasteiger partial charge in [-0.05, 0) is 29.7 Å². The number of hydrazone groups is 1. The van der Waals surface area contributed by atoms with Crippen LogP contribution in [0.3, 0.4) is 0 Å². The summed E-state index contributed by atoms with van der Waals surface area (Å²) < 4.78 is 4.99. The van der Waals surface area contributed by atoms with Gasteiger partial charge >= 0.3 is 5.97 Å². The number of hydrogen-bond acceptors (Lipinski definition) is 7. The average molecular weight is 448 g/mol. The minimum atomic E-state index is -0.485. The van der Waals surface area contributed by atoms with Gasteiger partial charge in [-0.1, -0.05) is 54.1 Å². The van der Waals surface area contributed by atoms with Crippen LogP contribution in [0.25, 0.3) is 0 Å². The summed E-state index contributed by atoms with van der Waals surface area (Å²) in [7, 11) is 1.36. The average Bonchev–Trinajstić information content (AvgIpc) is 3.24. The van der Waals surface area contributed by atoms with E-state index in [9.17, 15) is 4.79 Å². The van der Waals surface area contributed by atoms with Crippen LogP contribution in [0.15, 0.2) is 65.9 Å². The van der Waals surface area contributed by atoms with Gasteiger partial charge < -0.3 is 9.64 Å². The molecule has 2 aliphatic rings. The van der Waals surface area contributed by atoms with Crippen LogP contribution in [-0.2, 0) is 4.74 Å². The lowest BCUT2D eigenvalue weighted by Crippen LogP contribution is -2.38. The Hall–Kier alpha value is -3.45. The van der Waals surface area contributed by atoms with E-state index in [4.69, 9.17) is 26.4 Å². The largest absolute Gasteiger partial charge is 0.465 e. The van der Waals surface area contributed by atoms with E-state index in [2.05, 4.69) is 22.0 Å². The smallest absolute Gasteiger partial charge is 0.343 e. The van der Waals surface area contributed by atoms with E-state index in [0.29, 0.717) is 28.9 Å². The number of esters is 1. The first-order valence-electron chi connectivity index (χ1n) is 10.5. The number of halogens is 1. The second kappa shape index (κ2) is 8.59. The SMILES string of the molecule is COC(=O)c1cnc(N2CCC2)nc1N1CC(c2ccccc2)C(c2ccc(Cl)cc2)=N1.